The maximum absolute atomic E-state index is 11.5. The van der Waals surface area contributed by atoms with Crippen molar-refractivity contribution in [3.8, 4) is 10.6 Å². The van der Waals surface area contributed by atoms with Gasteiger partial charge in [0.2, 0.25) is 0 Å². The monoisotopic (exact) mass is 301 g/mol. The van der Waals surface area contributed by atoms with Crippen LogP contribution in [0.5, 0.6) is 0 Å². The number of rotatable bonds is 2. The summed E-state index contributed by atoms with van der Waals surface area (Å²) in [5, 5.41) is 1.77. The van der Waals surface area contributed by atoms with Crippen LogP contribution in [0.3, 0.4) is 0 Å². The molecule has 0 spiro atoms. The van der Waals surface area contributed by atoms with Crippen LogP contribution in [0.15, 0.2) is 18.2 Å². The summed E-state index contributed by atoms with van der Waals surface area (Å²) >= 11 is 13.4. The van der Waals surface area contributed by atoms with Crippen LogP contribution in [0.1, 0.15) is 15.4 Å². The molecule has 0 radical (unpaired) electrons. The molecule has 6 heteroatoms. The molecule has 2 rings (SSSR count). The van der Waals surface area contributed by atoms with Crippen LogP contribution in [0.4, 0.5) is 0 Å². The van der Waals surface area contributed by atoms with Crippen molar-refractivity contribution in [2.45, 2.75) is 6.92 Å². The summed E-state index contributed by atoms with van der Waals surface area (Å²) in [6.45, 7) is 1.81. The highest BCUT2D eigenvalue weighted by Crippen LogP contribution is 2.34. The number of carbonyl (C=O) groups excluding carboxylic acids is 1. The number of carbonyl (C=O) groups is 1. The molecule has 0 saturated carbocycles. The Morgan fingerprint density at radius 1 is 1.39 bits per heavy atom. The van der Waals surface area contributed by atoms with Gasteiger partial charge in [0.1, 0.15) is 5.01 Å². The molecule has 1 aromatic carbocycles. The van der Waals surface area contributed by atoms with Gasteiger partial charge in [-0.1, -0.05) is 23.2 Å². The van der Waals surface area contributed by atoms with E-state index in [0.29, 0.717) is 26.3 Å². The van der Waals surface area contributed by atoms with Crippen LogP contribution in [0.25, 0.3) is 10.6 Å². The van der Waals surface area contributed by atoms with E-state index in [1.54, 1.807) is 18.2 Å². The van der Waals surface area contributed by atoms with Crippen molar-refractivity contribution < 1.29 is 9.53 Å². The van der Waals surface area contributed by atoms with Crippen LogP contribution in [0.2, 0.25) is 10.0 Å². The van der Waals surface area contributed by atoms with Gasteiger partial charge < -0.3 is 4.74 Å². The smallest absolute Gasteiger partial charge is 0.357 e. The van der Waals surface area contributed by atoms with E-state index in [4.69, 9.17) is 23.2 Å². The van der Waals surface area contributed by atoms with Gasteiger partial charge in [0.15, 0.2) is 5.69 Å². The number of hydrogen-bond acceptors (Lipinski definition) is 4. The van der Waals surface area contributed by atoms with Gasteiger partial charge in [-0.05, 0) is 25.1 Å². The summed E-state index contributed by atoms with van der Waals surface area (Å²) in [6, 6.07) is 5.13. The predicted molar refractivity (Wildman–Crippen MR) is 73.6 cm³/mol. The van der Waals surface area contributed by atoms with Crippen LogP contribution < -0.4 is 0 Å². The van der Waals surface area contributed by atoms with Crippen molar-refractivity contribution in [1.82, 2.24) is 4.98 Å². The SMILES string of the molecule is COC(=O)c1nc(-c2cc(Cl)ccc2Cl)sc1C. The van der Waals surface area contributed by atoms with Crippen LogP contribution in [-0.4, -0.2) is 18.1 Å². The van der Waals surface area contributed by atoms with Gasteiger partial charge in [-0.3, -0.25) is 0 Å². The highest BCUT2D eigenvalue weighted by Gasteiger charge is 2.18. The van der Waals surface area contributed by atoms with E-state index in [0.717, 1.165) is 4.88 Å². The molecule has 2 aromatic rings. The van der Waals surface area contributed by atoms with E-state index in [1.807, 2.05) is 6.92 Å². The lowest BCUT2D eigenvalue weighted by Crippen LogP contribution is -2.03. The van der Waals surface area contributed by atoms with Crippen LogP contribution >= 0.6 is 34.5 Å². The number of nitrogens with zero attached hydrogens (tertiary/aromatic N) is 1. The number of halogens is 2. The van der Waals surface area contributed by atoms with Gasteiger partial charge in [-0.25, -0.2) is 9.78 Å². The first-order valence-corrected chi connectivity index (χ1v) is 6.61. The van der Waals surface area contributed by atoms with Crippen LogP contribution in [0, 0.1) is 6.92 Å². The van der Waals surface area contributed by atoms with Crippen molar-refractivity contribution in [3.63, 3.8) is 0 Å². The molecule has 0 bridgehead atoms. The van der Waals surface area contributed by atoms with Crippen molar-refractivity contribution in [1.29, 1.82) is 0 Å². The summed E-state index contributed by atoms with van der Waals surface area (Å²) in [5.41, 5.74) is 1.03. The van der Waals surface area contributed by atoms with Crippen LogP contribution in [-0.2, 0) is 4.74 Å². The van der Waals surface area contributed by atoms with Crippen molar-refractivity contribution in [2.75, 3.05) is 7.11 Å². The third-order valence-electron chi connectivity index (χ3n) is 2.33. The topological polar surface area (TPSA) is 39.2 Å². The number of methoxy groups -OCH3 is 1. The molecule has 1 heterocycles. The molecule has 0 aliphatic carbocycles. The first-order valence-electron chi connectivity index (χ1n) is 5.04. The highest BCUT2D eigenvalue weighted by molar-refractivity contribution is 7.15. The second-order valence-corrected chi connectivity index (χ2v) is 5.59. The first-order chi connectivity index (χ1) is 8.52. The molecular weight excluding hydrogens is 293 g/mol. The Morgan fingerprint density at radius 3 is 2.78 bits per heavy atom. The Morgan fingerprint density at radius 2 is 2.11 bits per heavy atom. The van der Waals surface area contributed by atoms with E-state index in [2.05, 4.69) is 9.72 Å². The lowest BCUT2D eigenvalue weighted by atomic mass is 10.2. The second kappa shape index (κ2) is 5.26. The normalized spacial score (nSPS) is 10.4. The predicted octanol–water partition coefficient (Wildman–Crippen LogP) is 4.21. The van der Waals surface area contributed by atoms with E-state index < -0.39 is 5.97 Å². The summed E-state index contributed by atoms with van der Waals surface area (Å²) in [5.74, 6) is -0.451. The Labute approximate surface area is 118 Å². The van der Waals surface area contributed by atoms with Crippen molar-refractivity contribution in [3.05, 3.63) is 38.8 Å². The van der Waals surface area contributed by atoms with E-state index in [9.17, 15) is 4.79 Å². The number of thiazole rings is 1. The summed E-state index contributed by atoms with van der Waals surface area (Å²) < 4.78 is 4.67. The fourth-order valence-electron chi connectivity index (χ4n) is 1.46. The van der Waals surface area contributed by atoms with E-state index in [-0.39, 0.29) is 0 Å². The number of aryl methyl sites for hydroxylation is 1. The summed E-state index contributed by atoms with van der Waals surface area (Å²) in [7, 11) is 1.33. The summed E-state index contributed by atoms with van der Waals surface area (Å²) in [6.07, 6.45) is 0. The average Bonchev–Trinajstić information content (AvgIpc) is 2.73. The zero-order chi connectivity index (χ0) is 13.3. The molecule has 3 nitrogen and oxygen atoms in total. The fourth-order valence-corrected chi connectivity index (χ4v) is 2.83. The largest absolute Gasteiger partial charge is 0.464 e. The molecule has 0 amide bonds. The maximum atomic E-state index is 11.5. The third-order valence-corrected chi connectivity index (χ3v) is 3.90. The number of hydrogen-bond donors (Lipinski definition) is 0. The number of ether oxygens (including phenoxy) is 1. The molecular formula is C12H9Cl2NO2S. The fraction of sp³-hybridized carbons (Fsp3) is 0.167. The minimum atomic E-state index is -0.451. The number of esters is 1. The van der Waals surface area contributed by atoms with Gasteiger partial charge in [0.25, 0.3) is 0 Å². The van der Waals surface area contributed by atoms with Crippen molar-refractivity contribution in [2.24, 2.45) is 0 Å². The Balaban J connectivity index is 2.52. The van der Waals surface area contributed by atoms with Gasteiger partial charge in [0, 0.05) is 15.5 Å². The standard InChI is InChI=1S/C12H9Cl2NO2S/c1-6-10(12(16)17-2)15-11(18-6)8-5-7(13)3-4-9(8)14/h3-5H,1-2H3. The first kappa shape index (κ1) is 13.3. The molecule has 0 unspecified atom stereocenters. The lowest BCUT2D eigenvalue weighted by Gasteiger charge is -2.00. The maximum Gasteiger partial charge on any atom is 0.357 e. The van der Waals surface area contributed by atoms with E-state index >= 15 is 0 Å². The Hall–Kier alpha value is -1.10. The minimum absolute atomic E-state index is 0.313. The number of benzene rings is 1. The van der Waals surface area contributed by atoms with Gasteiger partial charge >= 0.3 is 5.97 Å². The molecule has 1 aromatic heterocycles. The number of aromatic nitrogens is 1. The summed E-state index contributed by atoms with van der Waals surface area (Å²) in [4.78, 5) is 16.5. The van der Waals surface area contributed by atoms with Crippen molar-refractivity contribution >= 4 is 40.5 Å². The zero-order valence-electron chi connectivity index (χ0n) is 9.66. The molecule has 94 valence electrons. The van der Waals surface area contributed by atoms with Gasteiger partial charge in [-0.15, -0.1) is 11.3 Å². The Bertz CT molecular complexity index is 610. The minimum Gasteiger partial charge on any atom is -0.464 e. The molecule has 0 atom stereocenters. The van der Waals surface area contributed by atoms with E-state index in [1.165, 1.54) is 18.4 Å². The molecule has 0 aliphatic heterocycles. The zero-order valence-corrected chi connectivity index (χ0v) is 12.0. The average molecular weight is 302 g/mol. The third kappa shape index (κ3) is 2.51. The highest BCUT2D eigenvalue weighted by atomic mass is 35.5. The lowest BCUT2D eigenvalue weighted by molar-refractivity contribution is 0.0594. The second-order valence-electron chi connectivity index (χ2n) is 3.54. The quantitative estimate of drug-likeness (QED) is 0.780. The molecule has 18 heavy (non-hydrogen) atoms. The van der Waals surface area contributed by atoms with Gasteiger partial charge in [0.05, 0.1) is 12.1 Å². The van der Waals surface area contributed by atoms with Gasteiger partial charge in [-0.2, -0.15) is 0 Å². The molecule has 0 aliphatic rings. The molecule has 0 fully saturated rings. The molecule has 0 saturated heterocycles. The Kier molecular flexibility index (Phi) is 3.90. The molecule has 0 N–H and O–H groups in total.